The molecule has 2 aromatic carbocycles. The fourth-order valence-electron chi connectivity index (χ4n) is 2.15. The van der Waals surface area contributed by atoms with E-state index in [1.165, 1.54) is 12.1 Å². The van der Waals surface area contributed by atoms with E-state index in [9.17, 15) is 17.6 Å². The molecule has 3 N–H and O–H groups in total. The number of anilines is 1. The minimum absolute atomic E-state index is 0.0719. The monoisotopic (exact) mass is 334 g/mol. The maximum Gasteiger partial charge on any atom is 0.286 e. The number of primary amides is 1. The first-order valence-electron chi connectivity index (χ1n) is 6.48. The summed E-state index contributed by atoms with van der Waals surface area (Å²) in [6.07, 6.45) is 0. The molecule has 0 aliphatic rings. The second-order valence-electron chi connectivity index (χ2n) is 4.73. The number of furan rings is 1. The van der Waals surface area contributed by atoms with Gasteiger partial charge in [-0.15, -0.1) is 0 Å². The van der Waals surface area contributed by atoms with E-state index in [-0.39, 0.29) is 16.3 Å². The van der Waals surface area contributed by atoms with Crippen LogP contribution >= 0.6 is 0 Å². The summed E-state index contributed by atoms with van der Waals surface area (Å²) in [6, 6.07) is 11.0. The fourth-order valence-corrected chi connectivity index (χ4v) is 3.26. The Bertz CT molecular complexity index is 1010. The molecule has 8 heteroatoms. The summed E-state index contributed by atoms with van der Waals surface area (Å²) in [5.41, 5.74) is 5.46. The predicted octanol–water partition coefficient (Wildman–Crippen LogP) is 2.47. The summed E-state index contributed by atoms with van der Waals surface area (Å²) in [7, 11) is -4.11. The highest BCUT2D eigenvalue weighted by atomic mass is 32.2. The Hall–Kier alpha value is -2.87. The number of sulfonamides is 1. The molecular formula is C15H11FN2O4S. The molecule has 0 spiro atoms. The Kier molecular flexibility index (Phi) is 3.53. The van der Waals surface area contributed by atoms with E-state index in [4.69, 9.17) is 10.2 Å². The zero-order valence-electron chi connectivity index (χ0n) is 11.6. The first kappa shape index (κ1) is 15.0. The van der Waals surface area contributed by atoms with Crippen molar-refractivity contribution < 1.29 is 22.0 Å². The molecule has 0 fully saturated rings. The summed E-state index contributed by atoms with van der Waals surface area (Å²) in [5, 5.41) is 0.376. The van der Waals surface area contributed by atoms with Crippen LogP contribution in [0.4, 0.5) is 10.1 Å². The van der Waals surface area contributed by atoms with Gasteiger partial charge in [-0.2, -0.15) is 0 Å². The highest BCUT2D eigenvalue weighted by molar-refractivity contribution is 7.92. The molecule has 118 valence electrons. The van der Waals surface area contributed by atoms with Crippen LogP contribution in [0.25, 0.3) is 11.0 Å². The zero-order chi connectivity index (χ0) is 16.6. The molecule has 6 nitrogen and oxygen atoms in total. The first-order chi connectivity index (χ1) is 10.9. The largest absolute Gasteiger partial charge is 0.449 e. The van der Waals surface area contributed by atoms with Crippen molar-refractivity contribution in [3.8, 4) is 0 Å². The number of carbonyl (C=O) groups excluding carboxylic acids is 1. The van der Waals surface area contributed by atoms with Crippen LogP contribution in [0.5, 0.6) is 0 Å². The molecule has 1 amide bonds. The molecule has 0 saturated carbocycles. The minimum Gasteiger partial charge on any atom is -0.449 e. The average molecular weight is 334 g/mol. The standard InChI is InChI=1S/C15H11FN2O4S/c16-9-4-3-5-10(8-9)23(20,21)18-13-11-6-1-2-7-12(11)22-14(13)15(17)19/h1-8,18H,(H2,17,19). The Morgan fingerprint density at radius 3 is 2.57 bits per heavy atom. The van der Waals surface area contributed by atoms with Crippen LogP contribution in [-0.4, -0.2) is 14.3 Å². The number of para-hydroxylation sites is 1. The molecule has 1 aromatic heterocycles. The second-order valence-corrected chi connectivity index (χ2v) is 6.41. The zero-order valence-corrected chi connectivity index (χ0v) is 12.4. The highest BCUT2D eigenvalue weighted by Gasteiger charge is 2.24. The van der Waals surface area contributed by atoms with Crippen LogP contribution in [0, 0.1) is 5.82 Å². The molecule has 23 heavy (non-hydrogen) atoms. The van der Waals surface area contributed by atoms with Gasteiger partial charge < -0.3 is 10.2 Å². The van der Waals surface area contributed by atoms with E-state index in [1.807, 2.05) is 0 Å². The number of hydrogen-bond donors (Lipinski definition) is 2. The van der Waals surface area contributed by atoms with Crippen molar-refractivity contribution in [3.05, 3.63) is 60.1 Å². The van der Waals surface area contributed by atoms with Crippen LogP contribution in [0.15, 0.2) is 57.8 Å². The third-order valence-electron chi connectivity index (χ3n) is 3.16. The Labute approximate surface area is 130 Å². The lowest BCUT2D eigenvalue weighted by atomic mass is 10.2. The van der Waals surface area contributed by atoms with Gasteiger partial charge in [-0.05, 0) is 30.3 Å². The molecule has 0 aliphatic heterocycles. The predicted molar refractivity (Wildman–Crippen MR) is 81.9 cm³/mol. The number of nitrogens with two attached hydrogens (primary N) is 1. The lowest BCUT2D eigenvalue weighted by Gasteiger charge is -2.07. The third kappa shape index (κ3) is 2.76. The van der Waals surface area contributed by atoms with Gasteiger partial charge in [-0.1, -0.05) is 18.2 Å². The van der Waals surface area contributed by atoms with Crippen molar-refractivity contribution in [2.75, 3.05) is 4.72 Å². The number of hydrogen-bond acceptors (Lipinski definition) is 4. The summed E-state index contributed by atoms with van der Waals surface area (Å²) in [5.74, 6) is -1.93. The smallest absolute Gasteiger partial charge is 0.286 e. The Morgan fingerprint density at radius 1 is 1.13 bits per heavy atom. The quantitative estimate of drug-likeness (QED) is 0.765. The summed E-state index contributed by atoms with van der Waals surface area (Å²) in [6.45, 7) is 0. The lowest BCUT2D eigenvalue weighted by molar-refractivity contribution is 0.0977. The van der Waals surface area contributed by atoms with E-state index in [0.29, 0.717) is 11.0 Å². The van der Waals surface area contributed by atoms with E-state index in [2.05, 4.69) is 4.72 Å². The van der Waals surface area contributed by atoms with E-state index < -0.39 is 21.7 Å². The molecule has 0 radical (unpaired) electrons. The van der Waals surface area contributed by atoms with Crippen molar-refractivity contribution in [2.24, 2.45) is 5.73 Å². The van der Waals surface area contributed by atoms with Crippen molar-refractivity contribution in [1.82, 2.24) is 0 Å². The van der Waals surface area contributed by atoms with E-state index >= 15 is 0 Å². The number of nitrogens with one attached hydrogen (secondary N) is 1. The maximum atomic E-state index is 13.3. The van der Waals surface area contributed by atoms with Gasteiger partial charge in [0.25, 0.3) is 15.9 Å². The molecular weight excluding hydrogens is 323 g/mol. The van der Waals surface area contributed by atoms with Crippen LogP contribution in [0.1, 0.15) is 10.6 Å². The molecule has 0 atom stereocenters. The third-order valence-corrected chi connectivity index (χ3v) is 4.51. The van der Waals surface area contributed by atoms with Crippen molar-refractivity contribution in [2.45, 2.75) is 4.90 Å². The number of benzene rings is 2. The number of rotatable bonds is 4. The number of amides is 1. The average Bonchev–Trinajstić information content (AvgIpc) is 2.86. The molecule has 0 bridgehead atoms. The van der Waals surface area contributed by atoms with Crippen molar-refractivity contribution >= 4 is 32.6 Å². The normalized spacial score (nSPS) is 11.5. The van der Waals surface area contributed by atoms with Crippen LogP contribution in [0.2, 0.25) is 0 Å². The number of fused-ring (bicyclic) bond motifs is 1. The molecule has 3 aromatic rings. The molecule has 0 unspecified atom stereocenters. The molecule has 0 saturated heterocycles. The van der Waals surface area contributed by atoms with Gasteiger partial charge in [0, 0.05) is 5.39 Å². The van der Waals surface area contributed by atoms with Gasteiger partial charge in [0.05, 0.1) is 4.90 Å². The van der Waals surface area contributed by atoms with Crippen LogP contribution < -0.4 is 10.5 Å². The van der Waals surface area contributed by atoms with Gasteiger partial charge in [0.1, 0.15) is 17.1 Å². The first-order valence-corrected chi connectivity index (χ1v) is 7.96. The summed E-state index contributed by atoms with van der Waals surface area (Å²) < 4.78 is 45.6. The van der Waals surface area contributed by atoms with E-state index in [0.717, 1.165) is 12.1 Å². The van der Waals surface area contributed by atoms with Crippen molar-refractivity contribution in [3.63, 3.8) is 0 Å². The minimum atomic E-state index is -4.11. The summed E-state index contributed by atoms with van der Waals surface area (Å²) in [4.78, 5) is 11.2. The Balaban J connectivity index is 2.14. The van der Waals surface area contributed by atoms with Gasteiger partial charge >= 0.3 is 0 Å². The molecule has 1 heterocycles. The second kappa shape index (κ2) is 5.40. The van der Waals surface area contributed by atoms with Crippen LogP contribution in [0.3, 0.4) is 0 Å². The van der Waals surface area contributed by atoms with Crippen molar-refractivity contribution in [1.29, 1.82) is 0 Å². The molecule has 0 aliphatic carbocycles. The highest BCUT2D eigenvalue weighted by Crippen LogP contribution is 2.32. The maximum absolute atomic E-state index is 13.3. The molecule has 3 rings (SSSR count). The van der Waals surface area contributed by atoms with Gasteiger partial charge in [-0.25, -0.2) is 12.8 Å². The van der Waals surface area contributed by atoms with Gasteiger partial charge in [0.15, 0.2) is 0 Å². The topological polar surface area (TPSA) is 102 Å². The van der Waals surface area contributed by atoms with E-state index in [1.54, 1.807) is 24.3 Å². The van der Waals surface area contributed by atoms with Gasteiger partial charge in [-0.3, -0.25) is 9.52 Å². The van der Waals surface area contributed by atoms with Crippen LogP contribution in [-0.2, 0) is 10.0 Å². The van der Waals surface area contributed by atoms with Gasteiger partial charge in [0.2, 0.25) is 5.76 Å². The summed E-state index contributed by atoms with van der Waals surface area (Å²) >= 11 is 0. The number of carbonyl (C=O) groups is 1. The number of halogens is 1. The fraction of sp³-hybridized carbons (Fsp3) is 0. The lowest BCUT2D eigenvalue weighted by Crippen LogP contribution is -2.17. The Morgan fingerprint density at radius 2 is 1.87 bits per heavy atom. The SMILES string of the molecule is NC(=O)c1oc2ccccc2c1NS(=O)(=O)c1cccc(F)c1.